The van der Waals surface area contributed by atoms with Gasteiger partial charge in [-0.1, -0.05) is 25.2 Å². The van der Waals surface area contributed by atoms with Crippen LogP contribution in [0.15, 0.2) is 30.3 Å². The molecule has 0 bridgehead atoms. The van der Waals surface area contributed by atoms with Gasteiger partial charge in [-0.2, -0.15) is 0 Å². The van der Waals surface area contributed by atoms with Crippen molar-refractivity contribution in [3.8, 4) is 11.5 Å². The Labute approximate surface area is 184 Å². The molecule has 0 aliphatic heterocycles. The number of anilines is 1. The van der Waals surface area contributed by atoms with Crippen LogP contribution >= 0.6 is 11.3 Å². The van der Waals surface area contributed by atoms with Crippen LogP contribution in [0.1, 0.15) is 24.2 Å². The minimum Gasteiger partial charge on any atom is -0.495 e. The molecule has 0 N–H and O–H groups in total. The summed E-state index contributed by atoms with van der Waals surface area (Å²) in [5, 5.41) is 0.430. The Hall–Kier alpha value is -2.78. The maximum Gasteiger partial charge on any atom is 0.260 e. The van der Waals surface area contributed by atoms with E-state index in [0.717, 1.165) is 29.9 Å². The summed E-state index contributed by atoms with van der Waals surface area (Å²) in [6, 6.07) is 6.67. The first-order valence-corrected chi connectivity index (χ1v) is 10.8. The molecule has 0 aliphatic carbocycles. The van der Waals surface area contributed by atoms with Crippen molar-refractivity contribution in [1.29, 1.82) is 0 Å². The van der Waals surface area contributed by atoms with Gasteiger partial charge in [0.05, 0.1) is 14.2 Å². The number of likely N-dealkylation sites (N-methyl/N-ethyl adjacent to an activating group) is 1. The van der Waals surface area contributed by atoms with E-state index in [2.05, 4.69) is 9.88 Å². The second-order valence-electron chi connectivity index (χ2n) is 6.76. The average molecular weight is 450 g/mol. The lowest BCUT2D eigenvalue weighted by molar-refractivity contribution is 0.0983. The number of ether oxygens (including phenoxy) is 2. The van der Waals surface area contributed by atoms with Crippen LogP contribution in [0.5, 0.6) is 11.5 Å². The molecular formula is C22H25F2N3O3S. The summed E-state index contributed by atoms with van der Waals surface area (Å²) in [7, 11) is 3.11. The SMILES string of the molecule is CCN(CC)CCN(C(=O)c1ccc(F)c(F)c1)c1nc2c(OC)ccc(OC)c2s1. The average Bonchev–Trinajstić information content (AvgIpc) is 3.22. The summed E-state index contributed by atoms with van der Waals surface area (Å²) in [5.41, 5.74) is 0.629. The molecule has 1 heterocycles. The number of rotatable bonds is 9. The van der Waals surface area contributed by atoms with Crippen molar-refractivity contribution in [2.24, 2.45) is 0 Å². The van der Waals surface area contributed by atoms with Crippen molar-refractivity contribution in [3.05, 3.63) is 47.5 Å². The van der Waals surface area contributed by atoms with Crippen molar-refractivity contribution in [3.63, 3.8) is 0 Å². The van der Waals surface area contributed by atoms with E-state index < -0.39 is 17.5 Å². The first-order valence-electron chi connectivity index (χ1n) is 9.94. The van der Waals surface area contributed by atoms with Gasteiger partial charge in [0.15, 0.2) is 16.8 Å². The van der Waals surface area contributed by atoms with E-state index in [-0.39, 0.29) is 5.56 Å². The zero-order chi connectivity index (χ0) is 22.5. The quantitative estimate of drug-likeness (QED) is 0.479. The highest BCUT2D eigenvalue weighted by atomic mass is 32.1. The van der Waals surface area contributed by atoms with Crippen LogP contribution in [-0.2, 0) is 0 Å². The first-order chi connectivity index (χ1) is 14.9. The Morgan fingerprint density at radius 2 is 1.68 bits per heavy atom. The molecule has 0 radical (unpaired) electrons. The van der Waals surface area contributed by atoms with Gasteiger partial charge in [0.25, 0.3) is 5.91 Å². The molecule has 0 atom stereocenters. The van der Waals surface area contributed by atoms with E-state index in [0.29, 0.717) is 35.2 Å². The highest BCUT2D eigenvalue weighted by Gasteiger charge is 2.24. The van der Waals surface area contributed by atoms with E-state index in [1.54, 1.807) is 26.4 Å². The predicted octanol–water partition coefficient (Wildman–Crippen LogP) is 4.58. The van der Waals surface area contributed by atoms with Gasteiger partial charge in [-0.15, -0.1) is 0 Å². The zero-order valence-corrected chi connectivity index (χ0v) is 18.8. The van der Waals surface area contributed by atoms with Gasteiger partial charge in [0.1, 0.15) is 21.7 Å². The van der Waals surface area contributed by atoms with Crippen LogP contribution in [0.25, 0.3) is 10.2 Å². The van der Waals surface area contributed by atoms with Crippen LogP contribution < -0.4 is 14.4 Å². The number of nitrogens with zero attached hydrogens (tertiary/aromatic N) is 3. The zero-order valence-electron chi connectivity index (χ0n) is 17.9. The molecule has 2 aromatic carbocycles. The van der Waals surface area contributed by atoms with Crippen molar-refractivity contribution in [1.82, 2.24) is 9.88 Å². The lowest BCUT2D eigenvalue weighted by Crippen LogP contribution is -2.39. The number of amides is 1. The molecule has 166 valence electrons. The monoisotopic (exact) mass is 449 g/mol. The molecule has 9 heteroatoms. The lowest BCUT2D eigenvalue weighted by atomic mass is 10.2. The molecule has 0 spiro atoms. The molecule has 0 saturated carbocycles. The highest BCUT2D eigenvalue weighted by molar-refractivity contribution is 7.22. The van der Waals surface area contributed by atoms with Crippen LogP contribution in [0.4, 0.5) is 13.9 Å². The fourth-order valence-electron chi connectivity index (χ4n) is 3.24. The van der Waals surface area contributed by atoms with Gasteiger partial charge in [0.2, 0.25) is 0 Å². The summed E-state index contributed by atoms with van der Waals surface area (Å²) in [6.45, 7) is 6.67. The van der Waals surface area contributed by atoms with E-state index in [4.69, 9.17) is 9.47 Å². The van der Waals surface area contributed by atoms with E-state index in [1.807, 2.05) is 13.8 Å². The van der Waals surface area contributed by atoms with Gasteiger partial charge in [-0.3, -0.25) is 9.69 Å². The van der Waals surface area contributed by atoms with Crippen molar-refractivity contribution in [2.45, 2.75) is 13.8 Å². The molecular weight excluding hydrogens is 424 g/mol. The van der Waals surface area contributed by atoms with Crippen LogP contribution in [0.3, 0.4) is 0 Å². The smallest absolute Gasteiger partial charge is 0.260 e. The third-order valence-electron chi connectivity index (χ3n) is 5.08. The Kier molecular flexibility index (Phi) is 7.40. The lowest BCUT2D eigenvalue weighted by Gasteiger charge is -2.24. The minimum absolute atomic E-state index is 0.0524. The number of thiazole rings is 1. The Morgan fingerprint density at radius 3 is 2.29 bits per heavy atom. The van der Waals surface area contributed by atoms with E-state index >= 15 is 0 Å². The maximum absolute atomic E-state index is 13.8. The number of halogens is 2. The van der Waals surface area contributed by atoms with Gasteiger partial charge in [-0.25, -0.2) is 13.8 Å². The summed E-state index contributed by atoms with van der Waals surface area (Å²) in [6.07, 6.45) is 0. The molecule has 6 nitrogen and oxygen atoms in total. The first kappa shape index (κ1) is 22.9. The summed E-state index contributed by atoms with van der Waals surface area (Å²) in [4.78, 5) is 21.6. The molecule has 0 unspecified atom stereocenters. The summed E-state index contributed by atoms with van der Waals surface area (Å²) >= 11 is 1.29. The van der Waals surface area contributed by atoms with Crippen molar-refractivity contribution >= 4 is 32.6 Å². The van der Waals surface area contributed by atoms with Gasteiger partial charge < -0.3 is 14.4 Å². The standard InChI is InChI=1S/C22H25F2N3O3S/c1-5-26(6-2)11-12-27(21(28)14-7-8-15(23)16(24)13-14)22-25-19-17(29-3)9-10-18(30-4)20(19)31-22/h7-10,13H,5-6,11-12H2,1-4H3. The van der Waals surface area contributed by atoms with Crippen LogP contribution in [-0.4, -0.2) is 56.2 Å². The Bertz CT molecular complexity index is 1030. The summed E-state index contributed by atoms with van der Waals surface area (Å²) < 4.78 is 38.8. The number of hydrogen-bond acceptors (Lipinski definition) is 6. The number of hydrogen-bond donors (Lipinski definition) is 0. The number of fused-ring (bicyclic) bond motifs is 1. The van der Waals surface area contributed by atoms with Gasteiger partial charge in [0, 0.05) is 18.7 Å². The molecule has 1 aromatic heterocycles. The topological polar surface area (TPSA) is 54.9 Å². The fourth-order valence-corrected chi connectivity index (χ4v) is 4.34. The molecule has 1 amide bonds. The van der Waals surface area contributed by atoms with E-state index in [9.17, 15) is 13.6 Å². The molecule has 0 fully saturated rings. The molecule has 3 aromatic rings. The Morgan fingerprint density at radius 1 is 1.00 bits per heavy atom. The number of aromatic nitrogens is 1. The molecule has 31 heavy (non-hydrogen) atoms. The second kappa shape index (κ2) is 10.0. The number of carbonyl (C=O) groups excluding carboxylic acids is 1. The third kappa shape index (κ3) is 4.77. The molecule has 0 aliphatic rings. The largest absolute Gasteiger partial charge is 0.495 e. The summed E-state index contributed by atoms with van der Waals surface area (Å²) in [5.74, 6) is -1.35. The van der Waals surface area contributed by atoms with Gasteiger partial charge in [-0.05, 0) is 43.4 Å². The second-order valence-corrected chi connectivity index (χ2v) is 7.73. The fraction of sp³-hybridized carbons (Fsp3) is 0.364. The number of methoxy groups -OCH3 is 2. The van der Waals surface area contributed by atoms with E-state index in [1.165, 1.54) is 22.3 Å². The minimum atomic E-state index is -1.07. The maximum atomic E-state index is 13.8. The number of benzene rings is 2. The van der Waals surface area contributed by atoms with Crippen LogP contribution in [0.2, 0.25) is 0 Å². The normalized spacial score (nSPS) is 11.2. The van der Waals surface area contributed by atoms with Crippen molar-refractivity contribution < 1.29 is 23.0 Å². The van der Waals surface area contributed by atoms with Crippen LogP contribution in [0, 0.1) is 11.6 Å². The molecule has 3 rings (SSSR count). The highest BCUT2D eigenvalue weighted by Crippen LogP contribution is 2.40. The van der Waals surface area contributed by atoms with Gasteiger partial charge >= 0.3 is 0 Å². The van der Waals surface area contributed by atoms with Crippen molar-refractivity contribution in [2.75, 3.05) is 45.3 Å². The molecule has 0 saturated heterocycles. The number of carbonyl (C=O) groups is 1. The predicted molar refractivity (Wildman–Crippen MR) is 119 cm³/mol. The third-order valence-corrected chi connectivity index (χ3v) is 6.17. The Balaban J connectivity index is 2.06.